The molecule has 6 nitrogen and oxygen atoms in total. The van der Waals surface area contributed by atoms with Crippen LogP contribution < -0.4 is 5.32 Å². The van der Waals surface area contributed by atoms with E-state index in [0.717, 1.165) is 35.1 Å². The number of anilines is 1. The van der Waals surface area contributed by atoms with Crippen molar-refractivity contribution in [2.75, 3.05) is 25.0 Å². The lowest BCUT2D eigenvalue weighted by molar-refractivity contribution is -0.133. The average molecular weight is 498 g/mol. The zero-order chi connectivity index (χ0) is 22.5. The van der Waals surface area contributed by atoms with E-state index >= 15 is 0 Å². The molecule has 0 atom stereocenters. The lowest BCUT2D eigenvalue weighted by atomic mass is 9.95. The van der Waals surface area contributed by atoms with Crippen molar-refractivity contribution in [1.29, 1.82) is 0 Å². The van der Waals surface area contributed by atoms with Gasteiger partial charge in [-0.15, -0.1) is 0 Å². The van der Waals surface area contributed by atoms with Gasteiger partial charge in [0.05, 0.1) is 0 Å². The number of rotatable bonds is 5. The number of carbonyl (C=O) groups excluding carboxylic acids is 3. The van der Waals surface area contributed by atoms with Crippen LogP contribution in [0.1, 0.15) is 48.0 Å². The Morgan fingerprint density at radius 2 is 1.75 bits per heavy atom. The van der Waals surface area contributed by atoms with E-state index in [9.17, 15) is 14.4 Å². The highest BCUT2D eigenvalue weighted by Gasteiger charge is 2.28. The molecule has 0 spiro atoms. The molecule has 4 rings (SSSR count). The number of likely N-dealkylation sites (tertiary alicyclic amines) is 2. The molecule has 1 N–H and O–H groups in total. The molecular formula is C25H28BrN3O3. The minimum atomic E-state index is -0.115. The molecule has 2 saturated heterocycles. The third kappa shape index (κ3) is 5.57. The fourth-order valence-electron chi connectivity index (χ4n) is 4.36. The smallest absolute Gasteiger partial charge is 0.253 e. The van der Waals surface area contributed by atoms with Crippen LogP contribution in [0.3, 0.4) is 0 Å². The molecule has 2 aromatic carbocycles. The molecule has 2 heterocycles. The van der Waals surface area contributed by atoms with E-state index in [2.05, 4.69) is 21.2 Å². The number of hydrogen-bond donors (Lipinski definition) is 1. The summed E-state index contributed by atoms with van der Waals surface area (Å²) in [5, 5.41) is 3.03. The highest BCUT2D eigenvalue weighted by atomic mass is 79.9. The van der Waals surface area contributed by atoms with Crippen LogP contribution in [-0.2, 0) is 16.1 Å². The molecule has 3 amide bonds. The lowest BCUT2D eigenvalue weighted by Crippen LogP contribution is -2.41. The van der Waals surface area contributed by atoms with Gasteiger partial charge >= 0.3 is 0 Å². The fraction of sp³-hybridized carbons (Fsp3) is 0.400. The van der Waals surface area contributed by atoms with Crippen molar-refractivity contribution in [2.45, 2.75) is 38.6 Å². The Morgan fingerprint density at radius 3 is 2.47 bits per heavy atom. The van der Waals surface area contributed by atoms with Gasteiger partial charge in [0.2, 0.25) is 11.8 Å². The molecule has 32 heavy (non-hydrogen) atoms. The molecule has 0 bridgehead atoms. The molecule has 168 valence electrons. The molecule has 2 aliphatic rings. The predicted molar refractivity (Wildman–Crippen MR) is 127 cm³/mol. The Kier molecular flexibility index (Phi) is 7.25. The summed E-state index contributed by atoms with van der Waals surface area (Å²) < 4.78 is 0.941. The van der Waals surface area contributed by atoms with E-state index in [1.54, 1.807) is 0 Å². The number of nitrogens with one attached hydrogen (secondary N) is 1. The van der Waals surface area contributed by atoms with Crippen LogP contribution in [0.15, 0.2) is 53.0 Å². The molecular weight excluding hydrogens is 470 g/mol. The molecule has 0 aliphatic carbocycles. The lowest BCUT2D eigenvalue weighted by Gasteiger charge is -2.31. The summed E-state index contributed by atoms with van der Waals surface area (Å²) in [5.41, 5.74) is 2.44. The second-order valence-corrected chi connectivity index (χ2v) is 9.45. The number of benzene rings is 2. The van der Waals surface area contributed by atoms with E-state index in [0.29, 0.717) is 44.5 Å². The van der Waals surface area contributed by atoms with Gasteiger partial charge in [0, 0.05) is 54.2 Å². The van der Waals surface area contributed by atoms with Crippen molar-refractivity contribution in [1.82, 2.24) is 9.80 Å². The summed E-state index contributed by atoms with van der Waals surface area (Å²) in [4.78, 5) is 41.3. The summed E-state index contributed by atoms with van der Waals surface area (Å²) in [5.74, 6) is 0.0923. The van der Waals surface area contributed by atoms with Gasteiger partial charge < -0.3 is 15.1 Å². The number of hydrogen-bond acceptors (Lipinski definition) is 3. The zero-order valence-electron chi connectivity index (χ0n) is 18.1. The summed E-state index contributed by atoms with van der Waals surface area (Å²) >= 11 is 3.39. The van der Waals surface area contributed by atoms with Gasteiger partial charge in [-0.2, -0.15) is 0 Å². The van der Waals surface area contributed by atoms with Crippen molar-refractivity contribution < 1.29 is 14.4 Å². The minimum Gasteiger partial charge on any atom is -0.339 e. The van der Waals surface area contributed by atoms with Crippen LogP contribution in [0.5, 0.6) is 0 Å². The molecule has 0 unspecified atom stereocenters. The molecule has 2 aromatic rings. The Morgan fingerprint density at radius 1 is 1.00 bits per heavy atom. The molecule has 0 radical (unpaired) electrons. The van der Waals surface area contributed by atoms with E-state index in [1.807, 2.05) is 58.3 Å². The van der Waals surface area contributed by atoms with Crippen LogP contribution in [0.2, 0.25) is 0 Å². The normalized spacial score (nSPS) is 17.3. The van der Waals surface area contributed by atoms with Crippen molar-refractivity contribution in [2.24, 2.45) is 5.92 Å². The Hall–Kier alpha value is -2.67. The number of halogens is 1. The maximum absolute atomic E-state index is 12.8. The van der Waals surface area contributed by atoms with Crippen LogP contribution in [0, 0.1) is 5.92 Å². The summed E-state index contributed by atoms with van der Waals surface area (Å²) in [6.07, 6.45) is 3.94. The van der Waals surface area contributed by atoms with Gasteiger partial charge in [-0.1, -0.05) is 28.1 Å². The van der Waals surface area contributed by atoms with E-state index < -0.39 is 0 Å². The Labute approximate surface area is 197 Å². The highest BCUT2D eigenvalue weighted by Crippen LogP contribution is 2.23. The largest absolute Gasteiger partial charge is 0.339 e. The SMILES string of the molecule is O=C(Nc1cccc(CN2CCCCC2=O)c1)C1CCN(C(=O)c2ccc(Br)cc2)CC1. The first-order chi connectivity index (χ1) is 15.5. The summed E-state index contributed by atoms with van der Waals surface area (Å²) in [7, 11) is 0. The molecule has 2 fully saturated rings. The van der Waals surface area contributed by atoms with E-state index in [-0.39, 0.29) is 23.6 Å². The van der Waals surface area contributed by atoms with Crippen LogP contribution >= 0.6 is 15.9 Å². The number of carbonyl (C=O) groups is 3. The van der Waals surface area contributed by atoms with Crippen LogP contribution in [-0.4, -0.2) is 47.2 Å². The van der Waals surface area contributed by atoms with E-state index in [4.69, 9.17) is 0 Å². The first-order valence-corrected chi connectivity index (χ1v) is 12.0. The quantitative estimate of drug-likeness (QED) is 0.662. The minimum absolute atomic E-state index is 0.00746. The molecule has 0 saturated carbocycles. The van der Waals surface area contributed by atoms with Crippen LogP contribution in [0.4, 0.5) is 5.69 Å². The van der Waals surface area contributed by atoms with Crippen molar-refractivity contribution in [3.05, 3.63) is 64.1 Å². The number of nitrogens with zero attached hydrogens (tertiary/aromatic N) is 2. The van der Waals surface area contributed by atoms with Gasteiger partial charge in [0.25, 0.3) is 5.91 Å². The molecule has 7 heteroatoms. The standard InChI is InChI=1S/C25H28BrN3O3/c26-21-9-7-20(8-10-21)25(32)28-14-11-19(12-15-28)24(31)27-22-5-3-4-18(16-22)17-29-13-2-1-6-23(29)30/h3-5,7-10,16,19H,1-2,6,11-15,17H2,(H,27,31). The first kappa shape index (κ1) is 22.5. The number of amides is 3. The van der Waals surface area contributed by atoms with Gasteiger partial charge in [-0.3, -0.25) is 14.4 Å². The molecule has 0 aromatic heterocycles. The van der Waals surface area contributed by atoms with Crippen molar-refractivity contribution in [3.63, 3.8) is 0 Å². The summed E-state index contributed by atoms with van der Waals surface area (Å²) in [6, 6.07) is 15.1. The van der Waals surface area contributed by atoms with Gasteiger partial charge in [0.15, 0.2) is 0 Å². The Balaban J connectivity index is 1.30. The zero-order valence-corrected chi connectivity index (χ0v) is 19.6. The number of piperidine rings is 2. The monoisotopic (exact) mass is 497 g/mol. The third-order valence-electron chi connectivity index (χ3n) is 6.23. The highest BCUT2D eigenvalue weighted by molar-refractivity contribution is 9.10. The topological polar surface area (TPSA) is 69.7 Å². The fourth-order valence-corrected chi connectivity index (χ4v) is 4.63. The molecule has 2 aliphatic heterocycles. The third-order valence-corrected chi connectivity index (χ3v) is 6.76. The Bertz CT molecular complexity index is 984. The van der Waals surface area contributed by atoms with Gasteiger partial charge in [-0.25, -0.2) is 0 Å². The van der Waals surface area contributed by atoms with Crippen molar-refractivity contribution in [3.8, 4) is 0 Å². The van der Waals surface area contributed by atoms with Crippen LogP contribution in [0.25, 0.3) is 0 Å². The maximum atomic E-state index is 12.8. The maximum Gasteiger partial charge on any atom is 0.253 e. The van der Waals surface area contributed by atoms with Gasteiger partial charge in [0.1, 0.15) is 0 Å². The second kappa shape index (κ2) is 10.3. The predicted octanol–water partition coefficient (Wildman–Crippen LogP) is 4.45. The average Bonchev–Trinajstić information content (AvgIpc) is 2.81. The first-order valence-electron chi connectivity index (χ1n) is 11.2. The summed E-state index contributed by atoms with van der Waals surface area (Å²) in [6.45, 7) is 2.53. The van der Waals surface area contributed by atoms with E-state index in [1.165, 1.54) is 0 Å². The second-order valence-electron chi connectivity index (χ2n) is 8.54. The van der Waals surface area contributed by atoms with Crippen molar-refractivity contribution >= 4 is 39.3 Å². The van der Waals surface area contributed by atoms with Gasteiger partial charge in [-0.05, 0) is 67.6 Å².